The molecule has 0 spiro atoms. The molecule has 0 amide bonds. The average molecular weight is 291 g/mol. The van der Waals surface area contributed by atoms with Gasteiger partial charge in [0.2, 0.25) is 0 Å². The quantitative estimate of drug-likeness (QED) is 0.600. The van der Waals surface area contributed by atoms with E-state index in [9.17, 15) is 0 Å². The summed E-state index contributed by atoms with van der Waals surface area (Å²) < 4.78 is 5.61. The van der Waals surface area contributed by atoms with Crippen LogP contribution in [0.15, 0.2) is 40.9 Å². The van der Waals surface area contributed by atoms with Gasteiger partial charge in [0.05, 0.1) is 7.11 Å². The molecule has 0 fully saturated rings. The van der Waals surface area contributed by atoms with Gasteiger partial charge in [0.1, 0.15) is 10.2 Å². The van der Waals surface area contributed by atoms with Gasteiger partial charge < -0.3 is 4.74 Å². The van der Waals surface area contributed by atoms with Gasteiger partial charge in [0.15, 0.2) is 0 Å². The van der Waals surface area contributed by atoms with Gasteiger partial charge in [0, 0.05) is 5.57 Å². The van der Waals surface area contributed by atoms with Crippen molar-refractivity contribution in [3.63, 3.8) is 0 Å². The maximum Gasteiger partial charge on any atom is 0.119 e. The van der Waals surface area contributed by atoms with Crippen LogP contribution in [0.3, 0.4) is 0 Å². The summed E-state index contributed by atoms with van der Waals surface area (Å²) in [6, 6.07) is 12.1. The minimum absolute atomic E-state index is 0.302. The van der Waals surface area contributed by atoms with E-state index in [0.717, 1.165) is 28.0 Å². The lowest BCUT2D eigenvalue weighted by Crippen LogP contribution is -1.86. The van der Waals surface area contributed by atoms with Crippen LogP contribution in [0.5, 0.6) is 5.75 Å². The van der Waals surface area contributed by atoms with E-state index in [-0.39, 0.29) is 0 Å². The van der Waals surface area contributed by atoms with Crippen molar-refractivity contribution in [1.82, 2.24) is 0 Å². The van der Waals surface area contributed by atoms with E-state index in [0.29, 0.717) is 4.49 Å². The van der Waals surface area contributed by atoms with Crippen LogP contribution in [0.2, 0.25) is 0 Å². The van der Waals surface area contributed by atoms with Crippen LogP contribution >= 0.6 is 23.2 Å². The first kappa shape index (κ1) is 12.6. The van der Waals surface area contributed by atoms with E-state index in [4.69, 9.17) is 27.9 Å². The molecule has 19 heavy (non-hydrogen) atoms. The minimum atomic E-state index is 0.302. The molecule has 0 radical (unpaired) electrons. The van der Waals surface area contributed by atoms with Gasteiger partial charge >= 0.3 is 0 Å². The summed E-state index contributed by atoms with van der Waals surface area (Å²) in [7, 11) is 1.67. The van der Waals surface area contributed by atoms with Gasteiger partial charge in [0.25, 0.3) is 0 Å². The van der Waals surface area contributed by atoms with Crippen molar-refractivity contribution in [2.24, 2.45) is 0 Å². The van der Waals surface area contributed by atoms with E-state index in [1.165, 1.54) is 11.1 Å². The monoisotopic (exact) mass is 290 g/mol. The van der Waals surface area contributed by atoms with E-state index >= 15 is 0 Å². The van der Waals surface area contributed by atoms with E-state index in [2.05, 4.69) is 19.1 Å². The molecule has 0 bridgehead atoms. The Morgan fingerprint density at radius 3 is 2.47 bits per heavy atom. The highest BCUT2D eigenvalue weighted by Crippen LogP contribution is 2.49. The summed E-state index contributed by atoms with van der Waals surface area (Å²) >= 11 is 12.2. The molecule has 1 aliphatic carbocycles. The maximum absolute atomic E-state index is 6.08. The second kappa shape index (κ2) is 4.59. The Morgan fingerprint density at radius 1 is 1.00 bits per heavy atom. The Labute approximate surface area is 122 Å². The van der Waals surface area contributed by atoms with Crippen LogP contribution in [0.25, 0.3) is 16.7 Å². The summed E-state index contributed by atoms with van der Waals surface area (Å²) in [4.78, 5) is 0. The molecule has 3 heteroatoms. The predicted octanol–water partition coefficient (Wildman–Crippen LogP) is 5.18. The Balaban J connectivity index is 2.41. The number of rotatable bonds is 1. The molecule has 0 N–H and O–H groups in total. The fraction of sp³-hybridized carbons (Fsp3) is 0.125. The molecular formula is C16H12Cl2O. The molecule has 0 unspecified atom stereocenters. The van der Waals surface area contributed by atoms with Crippen LogP contribution in [-0.2, 0) is 0 Å². The maximum atomic E-state index is 6.08. The minimum Gasteiger partial charge on any atom is -0.497 e. The molecule has 96 valence electrons. The molecule has 0 heterocycles. The lowest BCUT2D eigenvalue weighted by molar-refractivity contribution is 0.415. The lowest BCUT2D eigenvalue weighted by atomic mass is 10.0. The van der Waals surface area contributed by atoms with Crippen molar-refractivity contribution in [2.45, 2.75) is 6.92 Å². The molecular weight excluding hydrogens is 279 g/mol. The molecule has 0 aliphatic heterocycles. The van der Waals surface area contributed by atoms with Gasteiger partial charge in [-0.3, -0.25) is 0 Å². The molecule has 3 rings (SSSR count). The second-order valence-electron chi connectivity index (χ2n) is 4.54. The number of hydrogen-bond donors (Lipinski definition) is 0. The smallest absolute Gasteiger partial charge is 0.119 e. The van der Waals surface area contributed by atoms with E-state index in [1.807, 2.05) is 24.3 Å². The van der Waals surface area contributed by atoms with Crippen molar-refractivity contribution < 1.29 is 4.74 Å². The van der Waals surface area contributed by atoms with E-state index in [1.54, 1.807) is 7.11 Å². The summed E-state index contributed by atoms with van der Waals surface area (Å²) in [5, 5.41) is 0. The molecule has 0 aromatic heterocycles. The van der Waals surface area contributed by atoms with Crippen LogP contribution in [-0.4, -0.2) is 7.11 Å². The van der Waals surface area contributed by atoms with Crippen LogP contribution in [0.4, 0.5) is 0 Å². The first-order chi connectivity index (χ1) is 9.13. The van der Waals surface area contributed by atoms with E-state index < -0.39 is 0 Å². The highest BCUT2D eigenvalue weighted by atomic mass is 35.5. The van der Waals surface area contributed by atoms with Gasteiger partial charge in [-0.2, -0.15) is 0 Å². The van der Waals surface area contributed by atoms with Crippen molar-refractivity contribution in [2.75, 3.05) is 7.11 Å². The fourth-order valence-corrected chi connectivity index (χ4v) is 3.06. The third-order valence-corrected chi connectivity index (χ3v) is 3.87. The zero-order valence-electron chi connectivity index (χ0n) is 10.6. The SMILES string of the molecule is COc1ccc2c(c1)-c1c(C)cccc1C2=C(Cl)Cl. The molecule has 1 nitrogen and oxygen atoms in total. The Bertz CT molecular complexity index is 698. The van der Waals surface area contributed by atoms with Crippen molar-refractivity contribution in [3.8, 4) is 16.9 Å². The molecule has 0 saturated heterocycles. The lowest BCUT2D eigenvalue weighted by Gasteiger charge is -2.06. The summed E-state index contributed by atoms with van der Waals surface area (Å²) in [6.07, 6.45) is 0. The van der Waals surface area contributed by atoms with Crippen LogP contribution in [0, 0.1) is 6.92 Å². The average Bonchev–Trinajstić information content (AvgIpc) is 2.73. The van der Waals surface area contributed by atoms with Gasteiger partial charge in [-0.05, 0) is 52.9 Å². The molecule has 0 saturated carbocycles. The highest BCUT2D eigenvalue weighted by molar-refractivity contribution is 6.59. The molecule has 1 aliphatic rings. The Morgan fingerprint density at radius 2 is 1.79 bits per heavy atom. The van der Waals surface area contributed by atoms with Gasteiger partial charge in [-0.15, -0.1) is 0 Å². The number of halogens is 2. The Hall–Kier alpha value is -1.44. The zero-order valence-corrected chi connectivity index (χ0v) is 12.1. The summed E-state index contributed by atoms with van der Waals surface area (Å²) in [5.74, 6) is 0.833. The third kappa shape index (κ3) is 1.85. The topological polar surface area (TPSA) is 9.23 Å². The standard InChI is InChI=1S/C16H12Cl2O/c1-9-4-3-5-12-14(9)13-8-10(19-2)6-7-11(13)15(12)16(17)18/h3-8H,1-2H3. The number of methoxy groups -OCH3 is 1. The van der Waals surface area contributed by atoms with Gasteiger partial charge in [-0.25, -0.2) is 0 Å². The number of fused-ring (bicyclic) bond motifs is 3. The normalized spacial score (nSPS) is 12.1. The fourth-order valence-electron chi connectivity index (χ4n) is 2.66. The number of aryl methyl sites for hydroxylation is 1. The van der Waals surface area contributed by atoms with Crippen molar-refractivity contribution in [1.29, 1.82) is 0 Å². The first-order valence-electron chi connectivity index (χ1n) is 5.97. The highest BCUT2D eigenvalue weighted by Gasteiger charge is 2.27. The largest absolute Gasteiger partial charge is 0.497 e. The van der Waals surface area contributed by atoms with Crippen LogP contribution in [0.1, 0.15) is 16.7 Å². The molecule has 2 aromatic carbocycles. The second-order valence-corrected chi connectivity index (χ2v) is 5.49. The summed E-state index contributed by atoms with van der Waals surface area (Å²) in [5.41, 5.74) is 6.57. The first-order valence-corrected chi connectivity index (χ1v) is 6.73. The van der Waals surface area contributed by atoms with Crippen molar-refractivity contribution >= 4 is 28.8 Å². The molecule has 0 atom stereocenters. The zero-order chi connectivity index (χ0) is 13.6. The number of benzene rings is 2. The molecule has 2 aromatic rings. The van der Waals surface area contributed by atoms with Crippen LogP contribution < -0.4 is 4.74 Å². The van der Waals surface area contributed by atoms with Crippen molar-refractivity contribution in [3.05, 3.63) is 57.6 Å². The number of hydrogen-bond acceptors (Lipinski definition) is 1. The summed E-state index contributed by atoms with van der Waals surface area (Å²) in [6.45, 7) is 2.09. The van der Waals surface area contributed by atoms with Gasteiger partial charge in [-0.1, -0.05) is 41.4 Å². The third-order valence-electron chi connectivity index (χ3n) is 3.50. The number of ether oxygens (including phenoxy) is 1. The predicted molar refractivity (Wildman–Crippen MR) is 80.9 cm³/mol. The Kier molecular flexibility index (Phi) is 3.04.